The molecule has 0 atom stereocenters. The highest BCUT2D eigenvalue weighted by Crippen LogP contribution is 2.23. The minimum Gasteiger partial charge on any atom is -0.327 e. The Morgan fingerprint density at radius 3 is 2.32 bits per heavy atom. The molecule has 0 radical (unpaired) electrons. The average molecular weight is 401 g/mol. The van der Waals surface area contributed by atoms with E-state index in [0.29, 0.717) is 19.6 Å². The van der Waals surface area contributed by atoms with Crippen LogP contribution in [-0.2, 0) is 11.2 Å². The lowest BCUT2D eigenvalue weighted by Crippen LogP contribution is -3.15. The Balaban J connectivity index is 1.52. The molecule has 1 aliphatic rings. The molecule has 150 valence electrons. The first-order valence-corrected chi connectivity index (χ1v) is 10.8. The number of hydrogen-bond donors (Lipinski definition) is 2. The highest BCUT2D eigenvalue weighted by molar-refractivity contribution is 7.14. The van der Waals surface area contributed by atoms with Crippen LogP contribution in [0.15, 0.2) is 24.3 Å². The normalized spacial score (nSPS) is 14.9. The molecule has 2 amide bonds. The summed E-state index contributed by atoms with van der Waals surface area (Å²) in [7, 11) is 0. The van der Waals surface area contributed by atoms with Crippen molar-refractivity contribution in [1.82, 2.24) is 4.90 Å². The topological polar surface area (TPSA) is 53.9 Å². The van der Waals surface area contributed by atoms with E-state index in [1.807, 2.05) is 43.0 Å². The number of rotatable bonds is 5. The van der Waals surface area contributed by atoms with E-state index in [1.54, 1.807) is 11.3 Å². The number of para-hydroxylation sites is 1. The summed E-state index contributed by atoms with van der Waals surface area (Å²) in [6.45, 7) is 11.7. The average Bonchev–Trinajstić information content (AvgIpc) is 3.05. The number of carbonyl (C=O) groups excluding carboxylic acids is 2. The molecule has 1 aromatic carbocycles. The standard InChI is InChI=1S/C22H29N3O2S/c1-5-18-17(4)13-19(28-18)22(27)25-11-9-24(10-12-25)14-20(26)23-21-15(2)7-6-8-16(21)3/h6-8,13H,5,9-12,14H2,1-4H3,(H,23,26)/p+1. The third kappa shape index (κ3) is 4.62. The first-order chi connectivity index (χ1) is 13.4. The molecule has 5 nitrogen and oxygen atoms in total. The van der Waals surface area contributed by atoms with E-state index < -0.39 is 0 Å². The van der Waals surface area contributed by atoms with E-state index >= 15 is 0 Å². The Morgan fingerprint density at radius 2 is 1.75 bits per heavy atom. The summed E-state index contributed by atoms with van der Waals surface area (Å²) < 4.78 is 0. The van der Waals surface area contributed by atoms with Crippen LogP contribution in [0.4, 0.5) is 5.69 Å². The molecular weight excluding hydrogens is 370 g/mol. The summed E-state index contributed by atoms with van der Waals surface area (Å²) in [6.07, 6.45) is 0.969. The van der Waals surface area contributed by atoms with Gasteiger partial charge in [-0.2, -0.15) is 0 Å². The Bertz CT molecular complexity index is 846. The molecule has 2 heterocycles. The molecule has 0 bridgehead atoms. The summed E-state index contributed by atoms with van der Waals surface area (Å²) in [6, 6.07) is 8.04. The number of aryl methyl sites for hydroxylation is 4. The third-order valence-corrected chi connectivity index (χ3v) is 6.84. The lowest BCUT2D eigenvalue weighted by atomic mass is 10.1. The maximum absolute atomic E-state index is 12.8. The molecule has 0 saturated carbocycles. The SMILES string of the molecule is CCc1sc(C(=O)N2CC[NH+](CC(=O)Nc3c(C)cccc3C)CC2)cc1C. The molecule has 2 N–H and O–H groups in total. The number of benzene rings is 1. The highest BCUT2D eigenvalue weighted by Gasteiger charge is 2.27. The van der Waals surface area contributed by atoms with E-state index in [1.165, 1.54) is 15.3 Å². The second kappa shape index (κ2) is 8.88. The van der Waals surface area contributed by atoms with E-state index in [9.17, 15) is 9.59 Å². The maximum atomic E-state index is 12.8. The van der Waals surface area contributed by atoms with E-state index in [2.05, 4.69) is 19.2 Å². The summed E-state index contributed by atoms with van der Waals surface area (Å²) >= 11 is 1.61. The Labute approximate surface area is 171 Å². The van der Waals surface area contributed by atoms with E-state index in [-0.39, 0.29) is 11.8 Å². The van der Waals surface area contributed by atoms with Gasteiger partial charge >= 0.3 is 0 Å². The zero-order valence-corrected chi connectivity index (χ0v) is 18.0. The number of carbonyl (C=O) groups is 2. The number of quaternary nitrogens is 1. The quantitative estimate of drug-likeness (QED) is 0.809. The molecule has 3 rings (SSSR count). The van der Waals surface area contributed by atoms with Gasteiger partial charge in [0.1, 0.15) is 0 Å². The van der Waals surface area contributed by atoms with E-state index in [4.69, 9.17) is 0 Å². The van der Waals surface area contributed by atoms with Crippen molar-refractivity contribution >= 4 is 28.8 Å². The van der Waals surface area contributed by atoms with Crippen molar-refractivity contribution in [3.05, 3.63) is 50.7 Å². The van der Waals surface area contributed by atoms with Gasteiger partial charge in [0.25, 0.3) is 11.8 Å². The zero-order valence-electron chi connectivity index (χ0n) is 17.2. The van der Waals surface area contributed by atoms with Crippen molar-refractivity contribution in [3.63, 3.8) is 0 Å². The Morgan fingerprint density at radius 1 is 1.11 bits per heavy atom. The zero-order chi connectivity index (χ0) is 20.3. The number of thiophene rings is 1. The van der Waals surface area contributed by atoms with Crippen LogP contribution >= 0.6 is 11.3 Å². The van der Waals surface area contributed by atoms with Gasteiger partial charge in [0.15, 0.2) is 6.54 Å². The number of nitrogens with zero attached hydrogens (tertiary/aromatic N) is 1. The van der Waals surface area contributed by atoms with Crippen LogP contribution in [0.1, 0.15) is 38.2 Å². The minimum atomic E-state index is 0.0358. The van der Waals surface area contributed by atoms with Crippen LogP contribution in [0.5, 0.6) is 0 Å². The monoisotopic (exact) mass is 400 g/mol. The van der Waals surface area contributed by atoms with Gasteiger partial charge in [0, 0.05) is 10.6 Å². The third-order valence-electron chi connectivity index (χ3n) is 5.47. The molecule has 28 heavy (non-hydrogen) atoms. The van der Waals surface area contributed by atoms with Gasteiger partial charge < -0.3 is 15.1 Å². The van der Waals surface area contributed by atoms with Crippen molar-refractivity contribution < 1.29 is 14.5 Å². The number of amides is 2. The molecule has 1 saturated heterocycles. The summed E-state index contributed by atoms with van der Waals surface area (Å²) in [5.74, 6) is 0.167. The van der Waals surface area contributed by atoms with Crippen molar-refractivity contribution in [2.45, 2.75) is 34.1 Å². The van der Waals surface area contributed by atoms with Crippen molar-refractivity contribution in [2.24, 2.45) is 0 Å². The molecule has 1 aromatic heterocycles. The first kappa shape index (κ1) is 20.6. The second-order valence-corrected chi connectivity index (χ2v) is 8.74. The lowest BCUT2D eigenvalue weighted by molar-refractivity contribution is -0.895. The van der Waals surface area contributed by atoms with Crippen molar-refractivity contribution in [1.29, 1.82) is 0 Å². The molecule has 2 aromatic rings. The summed E-state index contributed by atoms with van der Waals surface area (Å²) in [5.41, 5.74) is 4.29. The molecule has 0 spiro atoms. The van der Waals surface area contributed by atoms with Crippen LogP contribution in [0.2, 0.25) is 0 Å². The number of anilines is 1. The van der Waals surface area contributed by atoms with Gasteiger partial charge in [-0.1, -0.05) is 25.1 Å². The fourth-order valence-electron chi connectivity index (χ4n) is 3.76. The van der Waals surface area contributed by atoms with Crippen molar-refractivity contribution in [3.8, 4) is 0 Å². The number of piperazine rings is 1. The molecule has 1 aliphatic heterocycles. The number of hydrogen-bond acceptors (Lipinski definition) is 3. The summed E-state index contributed by atoms with van der Waals surface area (Å²) in [5, 5.41) is 3.06. The molecule has 6 heteroatoms. The highest BCUT2D eigenvalue weighted by atomic mass is 32.1. The first-order valence-electron chi connectivity index (χ1n) is 9.97. The van der Waals surface area contributed by atoms with E-state index in [0.717, 1.165) is 41.2 Å². The Hall–Kier alpha value is -2.18. The van der Waals surface area contributed by atoms with Gasteiger partial charge in [0.05, 0.1) is 31.1 Å². The predicted molar refractivity (Wildman–Crippen MR) is 114 cm³/mol. The second-order valence-electron chi connectivity index (χ2n) is 7.60. The Kier molecular flexibility index (Phi) is 6.52. The molecule has 0 unspecified atom stereocenters. The largest absolute Gasteiger partial charge is 0.327 e. The van der Waals surface area contributed by atoms with Crippen LogP contribution in [-0.4, -0.2) is 49.4 Å². The fourth-order valence-corrected chi connectivity index (χ4v) is 4.84. The van der Waals surface area contributed by atoms with Crippen LogP contribution < -0.4 is 10.2 Å². The minimum absolute atomic E-state index is 0.0358. The molecular formula is C22H30N3O2S+. The van der Waals surface area contributed by atoms with Crippen LogP contribution in [0, 0.1) is 20.8 Å². The lowest BCUT2D eigenvalue weighted by Gasteiger charge is -2.31. The van der Waals surface area contributed by atoms with Crippen LogP contribution in [0.3, 0.4) is 0 Å². The van der Waals surface area contributed by atoms with Gasteiger partial charge in [-0.05, 0) is 49.9 Å². The van der Waals surface area contributed by atoms with Gasteiger partial charge in [0.2, 0.25) is 0 Å². The maximum Gasteiger partial charge on any atom is 0.279 e. The fraction of sp³-hybridized carbons (Fsp3) is 0.455. The predicted octanol–water partition coefficient (Wildman–Crippen LogP) is 2.22. The molecule has 0 aliphatic carbocycles. The smallest absolute Gasteiger partial charge is 0.279 e. The number of nitrogens with one attached hydrogen (secondary N) is 2. The van der Waals surface area contributed by atoms with Gasteiger partial charge in [-0.3, -0.25) is 9.59 Å². The molecule has 1 fully saturated rings. The van der Waals surface area contributed by atoms with Crippen LogP contribution in [0.25, 0.3) is 0 Å². The van der Waals surface area contributed by atoms with Crippen molar-refractivity contribution in [2.75, 3.05) is 38.0 Å². The summed E-state index contributed by atoms with van der Waals surface area (Å²) in [4.78, 5) is 30.5. The van der Waals surface area contributed by atoms with Gasteiger partial charge in [-0.15, -0.1) is 11.3 Å². The van der Waals surface area contributed by atoms with Gasteiger partial charge in [-0.25, -0.2) is 0 Å².